The fourth-order valence-corrected chi connectivity index (χ4v) is 1.31. The molecule has 1 aromatic heterocycles. The summed E-state index contributed by atoms with van der Waals surface area (Å²) in [6.45, 7) is 0. The maximum absolute atomic E-state index is 13.5. The van der Waals surface area contributed by atoms with Gasteiger partial charge in [-0.15, -0.1) is 0 Å². The molecule has 0 aliphatic carbocycles. The summed E-state index contributed by atoms with van der Waals surface area (Å²) in [5.41, 5.74) is 0.136. The van der Waals surface area contributed by atoms with Gasteiger partial charge in [-0.2, -0.15) is 18.2 Å². The van der Waals surface area contributed by atoms with Crippen LogP contribution in [-0.2, 0) is 6.18 Å². The standard InChI is InChI=1S/C10H4BF4N3O/c11-16-4-6-2-1-5(3-7(6)12)8-17-9(19-18-8)10(13,14)15/h1-4H. The van der Waals surface area contributed by atoms with E-state index < -0.39 is 17.9 Å². The lowest BCUT2D eigenvalue weighted by molar-refractivity contribution is -0.159. The Bertz CT molecular complexity index is 623. The molecule has 1 aromatic carbocycles. The average Bonchev–Trinajstić information content (AvgIpc) is 2.81. The van der Waals surface area contributed by atoms with Crippen LogP contribution >= 0.6 is 0 Å². The highest BCUT2D eigenvalue weighted by Crippen LogP contribution is 2.29. The Morgan fingerprint density at radius 1 is 1.32 bits per heavy atom. The van der Waals surface area contributed by atoms with Crippen LogP contribution in [0.15, 0.2) is 27.6 Å². The predicted octanol–water partition coefficient (Wildman–Crippen LogP) is 2.40. The van der Waals surface area contributed by atoms with E-state index in [1.54, 1.807) is 0 Å². The largest absolute Gasteiger partial charge is 0.471 e. The average molecular weight is 269 g/mol. The summed E-state index contributed by atoms with van der Waals surface area (Å²) in [5.74, 6) is -2.57. The van der Waals surface area contributed by atoms with Crippen LogP contribution in [0.5, 0.6) is 0 Å². The summed E-state index contributed by atoms with van der Waals surface area (Å²) in [4.78, 5) is 6.28. The summed E-state index contributed by atoms with van der Waals surface area (Å²) in [6.07, 6.45) is -3.67. The van der Waals surface area contributed by atoms with Gasteiger partial charge in [0.15, 0.2) is 0 Å². The number of hydrogen-bond donors (Lipinski definition) is 0. The van der Waals surface area contributed by atoms with Crippen molar-refractivity contribution in [1.29, 1.82) is 0 Å². The number of aromatic nitrogens is 2. The third kappa shape index (κ3) is 2.80. The molecule has 1 heterocycles. The second kappa shape index (κ2) is 4.83. The van der Waals surface area contributed by atoms with Gasteiger partial charge in [0.25, 0.3) is 7.98 Å². The SMILES string of the molecule is [B]N=Cc1ccc(-c2noc(C(F)(F)F)n2)cc1F. The van der Waals surface area contributed by atoms with E-state index in [0.29, 0.717) is 0 Å². The third-order valence-corrected chi connectivity index (χ3v) is 2.14. The van der Waals surface area contributed by atoms with Gasteiger partial charge in [-0.3, -0.25) is 0 Å². The second-order valence-electron chi connectivity index (χ2n) is 3.44. The topological polar surface area (TPSA) is 51.3 Å². The first-order chi connectivity index (χ1) is 8.91. The van der Waals surface area contributed by atoms with Gasteiger partial charge < -0.3 is 9.43 Å². The number of hydrogen-bond acceptors (Lipinski definition) is 4. The Morgan fingerprint density at radius 3 is 2.58 bits per heavy atom. The van der Waals surface area contributed by atoms with Crippen molar-refractivity contribution in [2.45, 2.75) is 6.18 Å². The Labute approximate surface area is 105 Å². The third-order valence-electron chi connectivity index (χ3n) is 2.14. The molecule has 2 radical (unpaired) electrons. The molecule has 0 saturated carbocycles. The Balaban J connectivity index is 2.37. The first-order valence-corrected chi connectivity index (χ1v) is 4.86. The van der Waals surface area contributed by atoms with E-state index in [0.717, 1.165) is 12.3 Å². The van der Waals surface area contributed by atoms with Crippen molar-refractivity contribution in [3.8, 4) is 11.4 Å². The van der Waals surface area contributed by atoms with Gasteiger partial charge in [-0.1, -0.05) is 11.2 Å². The van der Waals surface area contributed by atoms with Crippen molar-refractivity contribution in [2.75, 3.05) is 0 Å². The molecule has 0 aliphatic rings. The van der Waals surface area contributed by atoms with Gasteiger partial charge in [0, 0.05) is 17.3 Å². The fourth-order valence-electron chi connectivity index (χ4n) is 1.31. The molecule has 0 saturated heterocycles. The number of nitrogens with zero attached hydrogens (tertiary/aromatic N) is 3. The zero-order valence-electron chi connectivity index (χ0n) is 9.15. The second-order valence-corrected chi connectivity index (χ2v) is 3.44. The highest BCUT2D eigenvalue weighted by molar-refractivity contribution is 6.11. The highest BCUT2D eigenvalue weighted by atomic mass is 19.4. The lowest BCUT2D eigenvalue weighted by atomic mass is 10.1. The molecule has 0 bridgehead atoms. The van der Waals surface area contributed by atoms with Crippen LogP contribution in [0.25, 0.3) is 11.4 Å². The zero-order chi connectivity index (χ0) is 14.0. The summed E-state index contributed by atoms with van der Waals surface area (Å²) in [7, 11) is 4.87. The van der Waals surface area contributed by atoms with Gasteiger partial charge in [0.05, 0.1) is 0 Å². The van der Waals surface area contributed by atoms with Crippen LogP contribution in [0, 0.1) is 5.82 Å². The van der Waals surface area contributed by atoms with E-state index in [4.69, 9.17) is 7.98 Å². The van der Waals surface area contributed by atoms with Crippen molar-refractivity contribution < 1.29 is 22.1 Å². The van der Waals surface area contributed by atoms with Crippen LogP contribution in [0.3, 0.4) is 0 Å². The Kier molecular flexibility index (Phi) is 3.37. The molecule has 9 heteroatoms. The van der Waals surface area contributed by atoms with Gasteiger partial charge in [-0.25, -0.2) is 4.39 Å². The first kappa shape index (κ1) is 13.3. The van der Waals surface area contributed by atoms with Crippen LogP contribution in [0.2, 0.25) is 0 Å². The monoisotopic (exact) mass is 269 g/mol. The van der Waals surface area contributed by atoms with Crippen LogP contribution < -0.4 is 0 Å². The molecule has 2 aromatic rings. The van der Waals surface area contributed by atoms with Crippen molar-refractivity contribution in [3.63, 3.8) is 0 Å². The van der Waals surface area contributed by atoms with E-state index in [9.17, 15) is 17.6 Å². The minimum Gasteiger partial charge on any atom is -0.363 e. The molecular formula is C10H4BF4N3O. The summed E-state index contributed by atoms with van der Waals surface area (Å²) < 4.78 is 54.3. The van der Waals surface area contributed by atoms with Crippen molar-refractivity contribution in [3.05, 3.63) is 35.5 Å². The van der Waals surface area contributed by atoms with E-state index in [-0.39, 0.29) is 17.0 Å². The molecule has 0 fully saturated rings. The molecule has 4 nitrogen and oxygen atoms in total. The first-order valence-electron chi connectivity index (χ1n) is 4.86. The quantitative estimate of drug-likeness (QED) is 0.478. The van der Waals surface area contributed by atoms with E-state index in [1.807, 2.05) is 0 Å². The minimum atomic E-state index is -4.74. The predicted molar refractivity (Wildman–Crippen MR) is 58.0 cm³/mol. The zero-order valence-corrected chi connectivity index (χ0v) is 9.15. The molecule has 2 rings (SSSR count). The summed E-state index contributed by atoms with van der Waals surface area (Å²) >= 11 is 0. The van der Waals surface area contributed by atoms with E-state index in [1.165, 1.54) is 12.1 Å². The van der Waals surface area contributed by atoms with Crippen LogP contribution in [0.4, 0.5) is 17.6 Å². The maximum atomic E-state index is 13.5. The molecule has 0 atom stereocenters. The molecule has 19 heavy (non-hydrogen) atoms. The molecule has 0 amide bonds. The number of alkyl halides is 3. The van der Waals surface area contributed by atoms with E-state index in [2.05, 4.69) is 19.6 Å². The van der Waals surface area contributed by atoms with Gasteiger partial charge in [0.2, 0.25) is 5.82 Å². The van der Waals surface area contributed by atoms with Crippen molar-refractivity contribution in [2.24, 2.45) is 4.90 Å². The molecule has 96 valence electrons. The number of benzene rings is 1. The lowest BCUT2D eigenvalue weighted by Crippen LogP contribution is -2.04. The normalized spacial score (nSPS) is 12.2. The Morgan fingerprint density at radius 2 is 2.05 bits per heavy atom. The summed E-state index contributed by atoms with van der Waals surface area (Å²) in [5, 5.41) is 3.14. The maximum Gasteiger partial charge on any atom is 0.471 e. The van der Waals surface area contributed by atoms with Crippen LogP contribution in [0.1, 0.15) is 11.5 Å². The fraction of sp³-hybridized carbons (Fsp3) is 0.100. The molecule has 0 spiro atoms. The smallest absolute Gasteiger partial charge is 0.363 e. The highest BCUT2D eigenvalue weighted by Gasteiger charge is 2.38. The number of halogens is 4. The van der Waals surface area contributed by atoms with Crippen LogP contribution in [-0.4, -0.2) is 24.3 Å². The lowest BCUT2D eigenvalue weighted by Gasteiger charge is -1.99. The molecule has 0 unspecified atom stereocenters. The van der Waals surface area contributed by atoms with Gasteiger partial charge in [0.1, 0.15) is 5.82 Å². The molecular weight excluding hydrogens is 265 g/mol. The summed E-state index contributed by atoms with van der Waals surface area (Å²) in [6, 6.07) is 3.57. The molecule has 0 N–H and O–H groups in total. The van der Waals surface area contributed by atoms with E-state index >= 15 is 0 Å². The number of rotatable bonds is 2. The van der Waals surface area contributed by atoms with Gasteiger partial charge in [-0.05, 0) is 12.1 Å². The van der Waals surface area contributed by atoms with Crippen molar-refractivity contribution >= 4 is 14.2 Å². The molecule has 0 aliphatic heterocycles. The van der Waals surface area contributed by atoms with Gasteiger partial charge >= 0.3 is 12.1 Å². The Hall–Kier alpha value is -2.19. The van der Waals surface area contributed by atoms with Crippen molar-refractivity contribution in [1.82, 2.24) is 10.1 Å². The minimum absolute atomic E-state index is 0.0471.